The molecule has 1 N–H and O–H groups in total. The van der Waals surface area contributed by atoms with E-state index in [4.69, 9.17) is 9.47 Å². The van der Waals surface area contributed by atoms with Crippen LogP contribution in [-0.2, 0) is 21.3 Å². The van der Waals surface area contributed by atoms with Crippen LogP contribution in [0.15, 0.2) is 42.7 Å². The number of pyridine rings is 1. The molecule has 0 amide bonds. The molecule has 2 aromatic rings. The fourth-order valence-corrected chi connectivity index (χ4v) is 6.47. The van der Waals surface area contributed by atoms with Crippen LogP contribution in [0, 0.1) is 5.92 Å². The summed E-state index contributed by atoms with van der Waals surface area (Å²) in [5.41, 5.74) is 5.86. The van der Waals surface area contributed by atoms with Crippen LogP contribution in [0.5, 0.6) is 0 Å². The quantitative estimate of drug-likeness (QED) is 0.567. The zero-order valence-electron chi connectivity index (χ0n) is 19.1. The van der Waals surface area contributed by atoms with E-state index in [1.165, 1.54) is 50.8 Å². The van der Waals surface area contributed by atoms with Crippen LogP contribution in [0.2, 0.25) is 0 Å². The average molecular weight is 458 g/mol. The Morgan fingerprint density at radius 2 is 1.94 bits per heavy atom. The summed E-state index contributed by atoms with van der Waals surface area (Å²) < 4.78 is 10.9. The van der Waals surface area contributed by atoms with E-state index in [1.807, 2.05) is 24.5 Å². The molecule has 5 nitrogen and oxygen atoms in total. The highest BCUT2D eigenvalue weighted by molar-refractivity contribution is 5.85. The van der Waals surface area contributed by atoms with E-state index in [0.717, 1.165) is 24.8 Å². The van der Waals surface area contributed by atoms with E-state index in [0.29, 0.717) is 24.7 Å². The molecule has 3 atom stereocenters. The largest absolute Gasteiger partial charge is 0.382 e. The first kappa shape index (κ1) is 23.5. The van der Waals surface area contributed by atoms with E-state index in [9.17, 15) is 0 Å². The van der Waals surface area contributed by atoms with Crippen molar-refractivity contribution < 1.29 is 9.47 Å². The highest BCUT2D eigenvalue weighted by atomic mass is 35.5. The van der Waals surface area contributed by atoms with Crippen molar-refractivity contribution >= 4 is 23.8 Å². The molecule has 2 heterocycles. The maximum absolute atomic E-state index is 5.81. The summed E-state index contributed by atoms with van der Waals surface area (Å²) in [5, 5.41) is 3.60. The van der Waals surface area contributed by atoms with Crippen molar-refractivity contribution in [2.24, 2.45) is 5.92 Å². The molecule has 2 aliphatic carbocycles. The first-order valence-electron chi connectivity index (χ1n) is 11.9. The second kappa shape index (κ2) is 10.5. The molecule has 1 aromatic carbocycles. The van der Waals surface area contributed by atoms with Gasteiger partial charge < -0.3 is 14.8 Å². The van der Waals surface area contributed by atoms with Crippen LogP contribution in [0.25, 0.3) is 0 Å². The number of anilines is 2. The number of hydrogen-bond acceptors (Lipinski definition) is 5. The fourth-order valence-electron chi connectivity index (χ4n) is 6.47. The first-order chi connectivity index (χ1) is 15.3. The summed E-state index contributed by atoms with van der Waals surface area (Å²) in [4.78, 5) is 6.86. The van der Waals surface area contributed by atoms with Crippen LogP contribution in [0.3, 0.4) is 0 Å². The lowest BCUT2D eigenvalue weighted by atomic mass is 9.52. The van der Waals surface area contributed by atoms with Gasteiger partial charge >= 0.3 is 0 Å². The predicted octanol–water partition coefficient (Wildman–Crippen LogP) is 4.97. The molecular formula is C26H36ClN3O2. The van der Waals surface area contributed by atoms with E-state index in [2.05, 4.69) is 33.4 Å². The van der Waals surface area contributed by atoms with E-state index in [1.54, 1.807) is 18.2 Å². The summed E-state index contributed by atoms with van der Waals surface area (Å²) >= 11 is 0. The molecule has 2 fully saturated rings. The van der Waals surface area contributed by atoms with E-state index < -0.39 is 0 Å². The van der Waals surface area contributed by atoms with Crippen molar-refractivity contribution in [3.8, 4) is 0 Å². The number of hydrogen-bond donors (Lipinski definition) is 1. The van der Waals surface area contributed by atoms with Gasteiger partial charge in [-0.3, -0.25) is 9.88 Å². The van der Waals surface area contributed by atoms with Crippen molar-refractivity contribution in [1.82, 2.24) is 9.88 Å². The molecule has 5 rings (SSSR count). The molecule has 1 aliphatic heterocycles. The maximum atomic E-state index is 5.81. The van der Waals surface area contributed by atoms with Gasteiger partial charge in [0.2, 0.25) is 0 Å². The van der Waals surface area contributed by atoms with Crippen LogP contribution in [0.4, 0.5) is 11.4 Å². The lowest BCUT2D eigenvalue weighted by Crippen LogP contribution is -2.61. The molecule has 1 aromatic heterocycles. The Bertz CT molecular complexity index is 881. The normalized spacial score (nSPS) is 26.5. The number of likely N-dealkylation sites (tertiary alicyclic amines) is 1. The van der Waals surface area contributed by atoms with Gasteiger partial charge in [0.05, 0.1) is 19.8 Å². The molecule has 0 spiro atoms. The summed E-state index contributed by atoms with van der Waals surface area (Å²) in [5.74, 6) is 0.776. The Morgan fingerprint density at radius 3 is 2.78 bits per heavy atom. The number of piperidine rings is 1. The zero-order valence-corrected chi connectivity index (χ0v) is 19.9. The highest BCUT2D eigenvalue weighted by Gasteiger charge is 2.53. The number of fused-ring (bicyclic) bond motifs is 1. The molecule has 1 saturated heterocycles. The number of methoxy groups -OCH3 is 1. The van der Waals surface area contributed by atoms with Gasteiger partial charge in [-0.15, -0.1) is 12.4 Å². The maximum Gasteiger partial charge on any atom is 0.0700 e. The van der Waals surface area contributed by atoms with Crippen LogP contribution < -0.4 is 5.32 Å². The van der Waals surface area contributed by atoms with E-state index >= 15 is 0 Å². The summed E-state index contributed by atoms with van der Waals surface area (Å²) in [6.07, 6.45) is 11.6. The van der Waals surface area contributed by atoms with Gasteiger partial charge in [0.25, 0.3) is 0 Å². The summed E-state index contributed by atoms with van der Waals surface area (Å²) in [7, 11) is 1.73. The van der Waals surface area contributed by atoms with Gasteiger partial charge in [0.15, 0.2) is 0 Å². The Morgan fingerprint density at radius 1 is 1.06 bits per heavy atom. The Balaban J connectivity index is 0.00000245. The molecule has 3 aliphatic rings. The minimum absolute atomic E-state index is 0. The van der Waals surface area contributed by atoms with Crippen LogP contribution in [-0.4, -0.2) is 55.9 Å². The van der Waals surface area contributed by atoms with Gasteiger partial charge in [0.1, 0.15) is 0 Å². The third kappa shape index (κ3) is 4.54. The van der Waals surface area contributed by atoms with Gasteiger partial charge in [-0.1, -0.05) is 18.9 Å². The third-order valence-corrected chi connectivity index (χ3v) is 7.88. The van der Waals surface area contributed by atoms with Crippen molar-refractivity contribution in [3.63, 3.8) is 0 Å². The first-order valence-corrected chi connectivity index (χ1v) is 11.9. The number of halogens is 1. The SMILES string of the molecule is COCCOCCN1CC[C@]23CCCC[C@H]2[C@H]1Cc1ccc(Nc2ccncc2)cc13.Cl. The van der Waals surface area contributed by atoms with Gasteiger partial charge in [0, 0.05) is 48.9 Å². The van der Waals surface area contributed by atoms with Crippen molar-refractivity contribution in [1.29, 1.82) is 0 Å². The standard InChI is InChI=1S/C26H35N3O2.ClH/c1-30-16-17-31-15-14-29-13-10-26-9-3-2-4-23(26)25(29)18-20-5-6-22(19-24(20)26)28-21-7-11-27-12-8-21;/h5-8,11-12,19,23,25H,2-4,9-10,13-18H2,1H3,(H,27,28);1H/t23-,25+,26+;/m0./s1. The molecule has 0 unspecified atom stereocenters. The average Bonchev–Trinajstić information content (AvgIpc) is 2.81. The smallest absolute Gasteiger partial charge is 0.0700 e. The molecule has 1 saturated carbocycles. The summed E-state index contributed by atoms with van der Waals surface area (Å²) in [6.45, 7) is 4.41. The monoisotopic (exact) mass is 457 g/mol. The number of nitrogens with one attached hydrogen (secondary N) is 1. The fraction of sp³-hybridized carbons (Fsp3) is 0.577. The Kier molecular flexibility index (Phi) is 7.72. The predicted molar refractivity (Wildman–Crippen MR) is 131 cm³/mol. The Hall–Kier alpha value is -1.66. The van der Waals surface area contributed by atoms with E-state index in [-0.39, 0.29) is 12.4 Å². The second-order valence-corrected chi connectivity index (χ2v) is 9.40. The number of aromatic nitrogens is 1. The number of rotatable bonds is 8. The molecule has 6 heteroatoms. The molecule has 32 heavy (non-hydrogen) atoms. The van der Waals surface area contributed by atoms with Crippen molar-refractivity contribution in [2.45, 2.75) is 50.0 Å². The lowest BCUT2D eigenvalue weighted by Gasteiger charge is -2.59. The minimum Gasteiger partial charge on any atom is -0.382 e. The molecule has 174 valence electrons. The molecule has 0 radical (unpaired) electrons. The van der Waals surface area contributed by atoms with Crippen molar-refractivity contribution in [2.75, 3.05) is 45.3 Å². The van der Waals surface area contributed by atoms with Gasteiger partial charge in [-0.25, -0.2) is 0 Å². The number of ether oxygens (including phenoxy) is 2. The zero-order chi connectivity index (χ0) is 21.1. The topological polar surface area (TPSA) is 46.6 Å². The Labute approximate surface area is 198 Å². The minimum atomic E-state index is 0. The third-order valence-electron chi connectivity index (χ3n) is 7.88. The van der Waals surface area contributed by atoms with Gasteiger partial charge in [-0.05, 0) is 73.5 Å². The number of benzene rings is 1. The highest BCUT2D eigenvalue weighted by Crippen LogP contribution is 2.56. The summed E-state index contributed by atoms with van der Waals surface area (Å²) in [6, 6.07) is 11.8. The second-order valence-electron chi connectivity index (χ2n) is 9.40. The number of nitrogens with zero attached hydrogens (tertiary/aromatic N) is 2. The van der Waals surface area contributed by atoms with Crippen LogP contribution >= 0.6 is 12.4 Å². The van der Waals surface area contributed by atoms with Crippen LogP contribution in [0.1, 0.15) is 43.2 Å². The molecule has 2 bridgehead atoms. The molecular weight excluding hydrogens is 422 g/mol. The van der Waals surface area contributed by atoms with Gasteiger partial charge in [-0.2, -0.15) is 0 Å². The van der Waals surface area contributed by atoms with Crippen molar-refractivity contribution in [3.05, 3.63) is 53.9 Å². The lowest BCUT2D eigenvalue weighted by molar-refractivity contribution is -0.0273.